The summed E-state index contributed by atoms with van der Waals surface area (Å²) in [6.45, 7) is 0. The lowest BCUT2D eigenvalue weighted by molar-refractivity contribution is 0.101. The number of hydrogen-bond acceptors (Lipinski definition) is 3. The Morgan fingerprint density at radius 3 is 2.36 bits per heavy atom. The summed E-state index contributed by atoms with van der Waals surface area (Å²) in [4.78, 5) is 29.0. The first-order chi connectivity index (χ1) is 13.6. The number of carbonyl (C=O) groups excluding carboxylic acids is 2. The van der Waals surface area contributed by atoms with Gasteiger partial charge in [0, 0.05) is 11.1 Å². The Hall–Kier alpha value is -3.18. The highest BCUT2D eigenvalue weighted by molar-refractivity contribution is 6.32. The highest BCUT2D eigenvalue weighted by Gasteiger charge is 2.24. The number of carbonyl (C=O) groups is 2. The zero-order chi connectivity index (χ0) is 19.5. The van der Waals surface area contributed by atoms with Crippen molar-refractivity contribution in [3.8, 4) is 0 Å². The molecule has 0 spiro atoms. The molecule has 2 amide bonds. The minimum absolute atomic E-state index is 0.151. The van der Waals surface area contributed by atoms with Crippen LogP contribution in [0, 0.1) is 0 Å². The lowest BCUT2D eigenvalue weighted by Gasteiger charge is -2.10. The average molecular weight is 392 g/mol. The number of benzene rings is 2. The molecule has 0 unspecified atom stereocenters. The number of rotatable bonds is 5. The summed E-state index contributed by atoms with van der Waals surface area (Å²) in [5, 5.41) is 5.69. The zero-order valence-electron chi connectivity index (χ0n) is 15.0. The van der Waals surface area contributed by atoms with E-state index < -0.39 is 0 Å². The van der Waals surface area contributed by atoms with Crippen molar-refractivity contribution in [2.24, 2.45) is 0 Å². The van der Waals surface area contributed by atoms with E-state index in [2.05, 4.69) is 21.7 Å². The molecule has 1 aliphatic rings. The lowest BCUT2D eigenvalue weighted by Crippen LogP contribution is -2.15. The second-order valence-electron chi connectivity index (χ2n) is 6.74. The van der Waals surface area contributed by atoms with E-state index >= 15 is 0 Å². The molecule has 2 aromatic carbocycles. The molecule has 0 bridgehead atoms. The maximum Gasteiger partial charge on any atom is 0.255 e. The Kier molecular flexibility index (Phi) is 5.08. The summed E-state index contributed by atoms with van der Waals surface area (Å²) in [7, 11) is 0. The van der Waals surface area contributed by atoms with Gasteiger partial charge in [0.1, 0.15) is 0 Å². The summed E-state index contributed by atoms with van der Waals surface area (Å²) in [6.07, 6.45) is 3.82. The Morgan fingerprint density at radius 1 is 0.893 bits per heavy atom. The van der Waals surface area contributed by atoms with Gasteiger partial charge in [-0.1, -0.05) is 41.9 Å². The van der Waals surface area contributed by atoms with Crippen molar-refractivity contribution >= 4 is 34.8 Å². The molecule has 0 atom stereocenters. The van der Waals surface area contributed by atoms with E-state index in [1.54, 1.807) is 36.4 Å². The molecule has 5 nitrogen and oxygen atoms in total. The minimum Gasteiger partial charge on any atom is -0.321 e. The standard InChI is InChI=1S/C22H18ClN3O2/c23-20-19(26-21(27)15-5-2-1-3-6-15)12-18(13-24-20)25-22(28)17-8-4-7-16(11-17)14-9-10-14/h1-8,11-14H,9-10H2,(H,25,28)(H,26,27). The number of hydrogen-bond donors (Lipinski definition) is 2. The van der Waals surface area contributed by atoms with Crippen molar-refractivity contribution in [1.82, 2.24) is 4.98 Å². The maximum absolute atomic E-state index is 12.6. The molecule has 140 valence electrons. The predicted molar refractivity (Wildman–Crippen MR) is 110 cm³/mol. The van der Waals surface area contributed by atoms with Gasteiger partial charge in [0.2, 0.25) is 0 Å². The quantitative estimate of drug-likeness (QED) is 0.593. The van der Waals surface area contributed by atoms with E-state index in [1.807, 2.05) is 18.2 Å². The van der Waals surface area contributed by atoms with Crippen molar-refractivity contribution in [2.45, 2.75) is 18.8 Å². The third kappa shape index (κ3) is 4.21. The summed E-state index contributed by atoms with van der Waals surface area (Å²) in [5.74, 6) is 0.0432. The molecule has 1 fully saturated rings. The van der Waals surface area contributed by atoms with Crippen LogP contribution in [-0.2, 0) is 0 Å². The van der Waals surface area contributed by atoms with Crippen LogP contribution in [0.4, 0.5) is 11.4 Å². The second-order valence-corrected chi connectivity index (χ2v) is 7.09. The summed E-state index contributed by atoms with van der Waals surface area (Å²) in [6, 6.07) is 18.0. The van der Waals surface area contributed by atoms with Crippen molar-refractivity contribution in [3.05, 3.63) is 88.7 Å². The second kappa shape index (κ2) is 7.82. The fourth-order valence-electron chi connectivity index (χ4n) is 2.94. The highest BCUT2D eigenvalue weighted by atomic mass is 35.5. The van der Waals surface area contributed by atoms with Gasteiger partial charge in [-0.15, -0.1) is 0 Å². The van der Waals surface area contributed by atoms with Crippen molar-refractivity contribution in [3.63, 3.8) is 0 Å². The SMILES string of the molecule is O=C(Nc1cnc(Cl)c(NC(=O)c2ccccc2)c1)c1cccc(C2CC2)c1. The van der Waals surface area contributed by atoms with Gasteiger partial charge >= 0.3 is 0 Å². The van der Waals surface area contributed by atoms with Gasteiger partial charge < -0.3 is 10.6 Å². The van der Waals surface area contributed by atoms with Gasteiger partial charge in [0.25, 0.3) is 11.8 Å². The first-order valence-electron chi connectivity index (χ1n) is 9.03. The predicted octanol–water partition coefficient (Wildman–Crippen LogP) is 5.12. The van der Waals surface area contributed by atoms with Crippen LogP contribution in [0.15, 0.2) is 66.9 Å². The van der Waals surface area contributed by atoms with Gasteiger partial charge in [-0.05, 0) is 54.7 Å². The van der Waals surface area contributed by atoms with Crippen molar-refractivity contribution in [2.75, 3.05) is 10.6 Å². The van der Waals surface area contributed by atoms with Crippen LogP contribution >= 0.6 is 11.6 Å². The van der Waals surface area contributed by atoms with Gasteiger partial charge in [-0.25, -0.2) is 4.98 Å². The molecular formula is C22H18ClN3O2. The van der Waals surface area contributed by atoms with E-state index in [0.717, 1.165) is 0 Å². The summed E-state index contributed by atoms with van der Waals surface area (Å²) < 4.78 is 0. The van der Waals surface area contributed by atoms with Crippen molar-refractivity contribution < 1.29 is 9.59 Å². The van der Waals surface area contributed by atoms with Crippen molar-refractivity contribution in [1.29, 1.82) is 0 Å². The molecule has 1 saturated carbocycles. The van der Waals surface area contributed by atoms with Crippen LogP contribution in [0.25, 0.3) is 0 Å². The molecule has 2 N–H and O–H groups in total. The van der Waals surface area contributed by atoms with Gasteiger partial charge in [0.05, 0.1) is 17.6 Å². The number of anilines is 2. The van der Waals surface area contributed by atoms with Crippen LogP contribution < -0.4 is 10.6 Å². The van der Waals surface area contributed by atoms with E-state index in [1.165, 1.54) is 24.6 Å². The van der Waals surface area contributed by atoms with Crippen LogP contribution in [0.3, 0.4) is 0 Å². The molecule has 1 aliphatic carbocycles. The smallest absolute Gasteiger partial charge is 0.255 e. The van der Waals surface area contributed by atoms with Crippen LogP contribution in [-0.4, -0.2) is 16.8 Å². The topological polar surface area (TPSA) is 71.1 Å². The minimum atomic E-state index is -0.301. The van der Waals surface area contributed by atoms with E-state index in [0.29, 0.717) is 28.4 Å². The summed E-state index contributed by atoms with van der Waals surface area (Å²) in [5.41, 5.74) is 3.08. The molecule has 1 aromatic heterocycles. The van der Waals surface area contributed by atoms with Crippen LogP contribution in [0.5, 0.6) is 0 Å². The number of halogens is 1. The number of nitrogens with zero attached hydrogens (tertiary/aromatic N) is 1. The molecule has 0 saturated heterocycles. The Balaban J connectivity index is 1.49. The zero-order valence-corrected chi connectivity index (χ0v) is 15.7. The first-order valence-corrected chi connectivity index (χ1v) is 9.41. The fraction of sp³-hybridized carbons (Fsp3) is 0.136. The number of pyridine rings is 1. The van der Waals surface area contributed by atoms with E-state index in [9.17, 15) is 9.59 Å². The highest BCUT2D eigenvalue weighted by Crippen LogP contribution is 2.40. The number of nitrogens with one attached hydrogen (secondary N) is 2. The normalized spacial score (nSPS) is 13.0. The fourth-order valence-corrected chi connectivity index (χ4v) is 3.09. The van der Waals surface area contributed by atoms with Gasteiger partial charge in [-0.3, -0.25) is 9.59 Å². The third-order valence-electron chi connectivity index (χ3n) is 4.58. The van der Waals surface area contributed by atoms with E-state index in [-0.39, 0.29) is 17.0 Å². The molecule has 6 heteroatoms. The first kappa shape index (κ1) is 18.2. The number of amides is 2. The van der Waals surface area contributed by atoms with Crippen LogP contribution in [0.1, 0.15) is 45.0 Å². The number of aromatic nitrogens is 1. The van der Waals surface area contributed by atoms with Gasteiger partial charge in [0.15, 0.2) is 5.15 Å². The molecule has 28 heavy (non-hydrogen) atoms. The summed E-state index contributed by atoms with van der Waals surface area (Å²) >= 11 is 6.11. The molecule has 3 aromatic rings. The average Bonchev–Trinajstić information content (AvgIpc) is 3.56. The lowest BCUT2D eigenvalue weighted by atomic mass is 10.1. The molecule has 1 heterocycles. The molecular weight excluding hydrogens is 374 g/mol. The molecule has 0 radical (unpaired) electrons. The largest absolute Gasteiger partial charge is 0.321 e. The third-order valence-corrected chi connectivity index (χ3v) is 4.88. The molecule has 0 aliphatic heterocycles. The van der Waals surface area contributed by atoms with Gasteiger partial charge in [-0.2, -0.15) is 0 Å². The molecule has 4 rings (SSSR count). The Bertz CT molecular complexity index is 1030. The Labute approximate surface area is 167 Å². The van der Waals surface area contributed by atoms with Crippen LogP contribution in [0.2, 0.25) is 5.15 Å². The van der Waals surface area contributed by atoms with E-state index in [4.69, 9.17) is 11.6 Å². The monoisotopic (exact) mass is 391 g/mol. The Morgan fingerprint density at radius 2 is 1.61 bits per heavy atom. The maximum atomic E-state index is 12.6.